The van der Waals surface area contributed by atoms with E-state index in [9.17, 15) is 10.4 Å². The Morgan fingerprint density at radius 2 is 1.97 bits per heavy atom. The molecule has 1 heterocycles. The van der Waals surface area contributed by atoms with E-state index in [1.165, 1.54) is 11.1 Å². The second-order valence-corrected chi connectivity index (χ2v) is 9.97. The second kappa shape index (κ2) is 12.2. The smallest absolute Gasteiger partial charge is 0.258 e. The minimum atomic E-state index is -0.0254. The SMILES string of the molecule is CC(C)C.CC(C)Oc1ccc(-c2nc(-c3cccc4c3CC[C@@H]4N(S)CCO)no2)cc1C#N. The number of fused-ring (bicyclic) bond motifs is 1. The molecule has 1 N–H and O–H groups in total. The molecule has 186 valence electrons. The van der Waals surface area contributed by atoms with E-state index < -0.39 is 0 Å². The molecule has 1 aliphatic carbocycles. The number of ether oxygens (including phenoxy) is 1. The summed E-state index contributed by atoms with van der Waals surface area (Å²) in [7, 11) is 0. The summed E-state index contributed by atoms with van der Waals surface area (Å²) in [4.78, 5) is 4.60. The van der Waals surface area contributed by atoms with Crippen LogP contribution < -0.4 is 4.74 Å². The van der Waals surface area contributed by atoms with Crippen LogP contribution in [0, 0.1) is 17.2 Å². The molecule has 0 amide bonds. The fourth-order valence-corrected chi connectivity index (χ4v) is 4.30. The van der Waals surface area contributed by atoms with Crippen molar-refractivity contribution in [2.24, 2.45) is 5.92 Å². The molecular weight excluding hydrogens is 460 g/mol. The molecule has 0 unspecified atom stereocenters. The quantitative estimate of drug-likeness (QED) is 0.398. The lowest BCUT2D eigenvalue weighted by Gasteiger charge is -2.22. The van der Waals surface area contributed by atoms with Crippen molar-refractivity contribution in [3.63, 3.8) is 0 Å². The third kappa shape index (κ3) is 6.63. The number of rotatable bonds is 7. The van der Waals surface area contributed by atoms with E-state index in [2.05, 4.69) is 55.9 Å². The molecule has 0 saturated carbocycles. The lowest BCUT2D eigenvalue weighted by atomic mass is 10.0. The summed E-state index contributed by atoms with van der Waals surface area (Å²) in [6, 6.07) is 13.6. The van der Waals surface area contributed by atoms with Gasteiger partial charge in [0.2, 0.25) is 5.82 Å². The highest BCUT2D eigenvalue weighted by Gasteiger charge is 2.29. The number of hydrogen-bond donors (Lipinski definition) is 2. The Morgan fingerprint density at radius 1 is 1.23 bits per heavy atom. The summed E-state index contributed by atoms with van der Waals surface area (Å²) < 4.78 is 13.1. The molecule has 3 aromatic rings. The number of thiol groups is 1. The minimum Gasteiger partial charge on any atom is -0.490 e. The van der Waals surface area contributed by atoms with Crippen molar-refractivity contribution in [2.75, 3.05) is 13.2 Å². The van der Waals surface area contributed by atoms with Crippen LogP contribution in [0.4, 0.5) is 0 Å². The molecule has 0 spiro atoms. The third-order valence-corrected chi connectivity index (χ3v) is 5.78. The van der Waals surface area contributed by atoms with Crippen molar-refractivity contribution >= 4 is 12.8 Å². The van der Waals surface area contributed by atoms with Crippen LogP contribution in [0.5, 0.6) is 5.75 Å². The van der Waals surface area contributed by atoms with Gasteiger partial charge in [-0.05, 0) is 61.9 Å². The van der Waals surface area contributed by atoms with E-state index in [4.69, 9.17) is 9.26 Å². The maximum Gasteiger partial charge on any atom is 0.258 e. The molecule has 2 aromatic carbocycles. The molecule has 1 aliphatic rings. The maximum absolute atomic E-state index is 9.48. The third-order valence-electron chi connectivity index (χ3n) is 5.30. The van der Waals surface area contributed by atoms with Gasteiger partial charge in [0.15, 0.2) is 0 Å². The van der Waals surface area contributed by atoms with E-state index in [0.717, 1.165) is 24.3 Å². The number of aromatic nitrogens is 2. The molecule has 1 atom stereocenters. The van der Waals surface area contributed by atoms with Gasteiger partial charge >= 0.3 is 0 Å². The number of aliphatic hydroxyl groups is 1. The highest BCUT2D eigenvalue weighted by atomic mass is 32.1. The number of nitrogens with zero attached hydrogens (tertiary/aromatic N) is 4. The average molecular weight is 495 g/mol. The van der Waals surface area contributed by atoms with Crippen LogP contribution in [0.3, 0.4) is 0 Å². The summed E-state index contributed by atoms with van der Waals surface area (Å²) in [5.41, 5.74) is 4.37. The zero-order valence-electron chi connectivity index (χ0n) is 21.0. The van der Waals surface area contributed by atoms with E-state index in [-0.39, 0.29) is 18.8 Å². The topological polar surface area (TPSA) is 95.4 Å². The van der Waals surface area contributed by atoms with Gasteiger partial charge in [0, 0.05) is 23.7 Å². The molecular formula is C27H34N4O3S. The fraction of sp³-hybridized carbons (Fsp3) is 0.444. The largest absolute Gasteiger partial charge is 0.490 e. The summed E-state index contributed by atoms with van der Waals surface area (Å²) >= 11 is 4.54. The van der Waals surface area contributed by atoms with Crippen LogP contribution in [0.1, 0.15) is 63.8 Å². The standard InChI is InChI=1S/C23H24N4O3S.C4H10/c1-14(2)29-21-9-6-15(12-16(21)13-24)23-25-22(26-30-23)19-5-3-4-18-17(19)7-8-20(18)27(31)10-11-28;1-4(2)3/h3-6,9,12,14,20,28,31H,7-8,10-11H2,1-2H3;4H,1-3H3/t20-;/m0./s1. The molecule has 0 saturated heterocycles. The van der Waals surface area contributed by atoms with Crippen LogP contribution in [0.15, 0.2) is 40.9 Å². The molecule has 7 nitrogen and oxygen atoms in total. The van der Waals surface area contributed by atoms with Gasteiger partial charge in [-0.1, -0.05) is 56.9 Å². The van der Waals surface area contributed by atoms with Gasteiger partial charge in [-0.25, -0.2) is 4.31 Å². The molecule has 0 aliphatic heterocycles. The molecule has 8 heteroatoms. The zero-order valence-corrected chi connectivity index (χ0v) is 21.9. The van der Waals surface area contributed by atoms with Crippen LogP contribution in [-0.2, 0) is 6.42 Å². The monoisotopic (exact) mass is 494 g/mol. The van der Waals surface area contributed by atoms with Gasteiger partial charge in [-0.3, -0.25) is 0 Å². The Balaban J connectivity index is 0.000000795. The molecule has 4 rings (SSSR count). The Morgan fingerprint density at radius 3 is 2.63 bits per heavy atom. The highest BCUT2D eigenvalue weighted by Crippen LogP contribution is 2.41. The Bertz CT molecular complexity index is 1170. The van der Waals surface area contributed by atoms with Crippen molar-refractivity contribution in [1.82, 2.24) is 14.4 Å². The van der Waals surface area contributed by atoms with Gasteiger partial charge in [0.05, 0.1) is 18.3 Å². The van der Waals surface area contributed by atoms with Gasteiger partial charge in [0.1, 0.15) is 11.8 Å². The average Bonchev–Trinajstić information content (AvgIpc) is 3.46. The van der Waals surface area contributed by atoms with Crippen molar-refractivity contribution < 1.29 is 14.4 Å². The molecule has 0 bridgehead atoms. The van der Waals surface area contributed by atoms with E-state index >= 15 is 0 Å². The maximum atomic E-state index is 9.48. The lowest BCUT2D eigenvalue weighted by Crippen LogP contribution is -2.21. The van der Waals surface area contributed by atoms with Gasteiger partial charge in [-0.15, -0.1) is 0 Å². The zero-order chi connectivity index (χ0) is 25.5. The lowest BCUT2D eigenvalue weighted by molar-refractivity contribution is 0.239. The minimum absolute atomic E-state index is 0.0254. The molecule has 1 aromatic heterocycles. The number of hydrogen-bond acceptors (Lipinski definition) is 8. The summed E-state index contributed by atoms with van der Waals surface area (Å²) in [5, 5.41) is 22.9. The Kier molecular flexibility index (Phi) is 9.33. The number of nitriles is 1. The second-order valence-electron chi connectivity index (χ2n) is 9.46. The first kappa shape index (κ1) is 26.7. The van der Waals surface area contributed by atoms with Crippen LogP contribution >= 0.6 is 12.8 Å². The van der Waals surface area contributed by atoms with E-state index in [0.29, 0.717) is 35.1 Å². The van der Waals surface area contributed by atoms with Crippen molar-refractivity contribution in [3.05, 3.63) is 53.1 Å². The van der Waals surface area contributed by atoms with Crippen molar-refractivity contribution in [3.8, 4) is 34.7 Å². The first-order valence-corrected chi connectivity index (χ1v) is 12.4. The van der Waals surface area contributed by atoms with Crippen molar-refractivity contribution in [1.29, 1.82) is 5.26 Å². The van der Waals surface area contributed by atoms with Gasteiger partial charge < -0.3 is 14.4 Å². The molecule has 35 heavy (non-hydrogen) atoms. The van der Waals surface area contributed by atoms with E-state index in [1.54, 1.807) is 12.1 Å². The fourth-order valence-electron chi connectivity index (χ4n) is 3.97. The summed E-state index contributed by atoms with van der Waals surface area (Å²) in [6.07, 6.45) is 1.77. The number of benzene rings is 2. The summed E-state index contributed by atoms with van der Waals surface area (Å²) in [6.45, 7) is 10.9. The van der Waals surface area contributed by atoms with Gasteiger partial charge in [-0.2, -0.15) is 10.2 Å². The Labute approximate surface area is 213 Å². The molecule has 0 fully saturated rings. The highest BCUT2D eigenvalue weighted by molar-refractivity contribution is 7.77. The summed E-state index contributed by atoms with van der Waals surface area (Å²) in [5.74, 6) is 2.24. The predicted molar refractivity (Wildman–Crippen MR) is 140 cm³/mol. The normalized spacial score (nSPS) is 14.6. The first-order chi connectivity index (χ1) is 16.7. The van der Waals surface area contributed by atoms with E-state index in [1.807, 2.05) is 36.4 Å². The van der Waals surface area contributed by atoms with Crippen LogP contribution in [-0.4, -0.2) is 38.8 Å². The predicted octanol–water partition coefficient (Wildman–Crippen LogP) is 5.85. The molecule has 0 radical (unpaired) electrons. The van der Waals surface area contributed by atoms with Gasteiger partial charge in [0.25, 0.3) is 5.89 Å². The van der Waals surface area contributed by atoms with Crippen LogP contribution in [0.25, 0.3) is 22.8 Å². The van der Waals surface area contributed by atoms with Crippen LogP contribution in [0.2, 0.25) is 0 Å². The number of aliphatic hydroxyl groups excluding tert-OH is 1. The first-order valence-electron chi connectivity index (χ1n) is 12.0. The Hall–Kier alpha value is -2.86. The van der Waals surface area contributed by atoms with Crippen molar-refractivity contribution in [2.45, 2.75) is 59.6 Å².